The van der Waals surface area contributed by atoms with E-state index in [4.69, 9.17) is 9.47 Å². The Hall–Kier alpha value is -5.44. The summed E-state index contributed by atoms with van der Waals surface area (Å²) in [5, 5.41) is 5.71. The predicted molar refractivity (Wildman–Crippen MR) is 193 cm³/mol. The third kappa shape index (κ3) is 9.59. The molecule has 9 nitrogen and oxygen atoms in total. The van der Waals surface area contributed by atoms with Crippen molar-refractivity contribution in [2.75, 3.05) is 4.90 Å². The molecule has 1 aliphatic rings. The highest BCUT2D eigenvalue weighted by atomic mass is 16.6. The molecule has 0 radical (unpaired) electrons. The van der Waals surface area contributed by atoms with E-state index >= 15 is 0 Å². The van der Waals surface area contributed by atoms with Gasteiger partial charge in [0.05, 0.1) is 12.1 Å². The maximum Gasteiger partial charge on any atom is 0.407 e. The molecule has 1 aliphatic heterocycles. The lowest BCUT2D eigenvalue weighted by molar-refractivity contribution is -0.128. The normalized spacial score (nSPS) is 14.6. The van der Waals surface area contributed by atoms with Crippen molar-refractivity contribution in [1.29, 1.82) is 0 Å². The van der Waals surface area contributed by atoms with Gasteiger partial charge in [0, 0.05) is 17.6 Å². The van der Waals surface area contributed by atoms with Gasteiger partial charge >= 0.3 is 12.1 Å². The fourth-order valence-corrected chi connectivity index (χ4v) is 5.96. The Labute approximate surface area is 294 Å². The summed E-state index contributed by atoms with van der Waals surface area (Å²) in [5.41, 5.74) is 4.11. The highest BCUT2D eigenvalue weighted by molar-refractivity contribution is 6.01. The zero-order chi connectivity index (χ0) is 35.9. The standard InChI is InChI=1S/C41H45N3O6/c1-40(2,3)50-38(47)33-17-11-10-16-32(33)30-21-19-28(20-22-30)26-44-35-18-12-9-15-31(35)23-24-34(37(44)46)42-36(45)25-41(4,5)43-39(48)49-27-29-13-7-6-8-14-29/h6-22,34H,23-27H2,1-5H3,(H,42,45)(H,43,48)/t34-/m1/s1. The van der Waals surface area contributed by atoms with Crippen molar-refractivity contribution in [1.82, 2.24) is 10.6 Å². The number of nitrogens with one attached hydrogen (secondary N) is 2. The molecule has 260 valence electrons. The number of para-hydroxylation sites is 1. The molecular weight excluding hydrogens is 630 g/mol. The number of anilines is 1. The molecule has 0 aliphatic carbocycles. The number of esters is 1. The van der Waals surface area contributed by atoms with Gasteiger partial charge in [-0.1, -0.05) is 91.0 Å². The zero-order valence-corrected chi connectivity index (χ0v) is 29.3. The van der Waals surface area contributed by atoms with Gasteiger partial charge in [-0.05, 0) is 87.4 Å². The smallest absolute Gasteiger partial charge is 0.407 e. The van der Waals surface area contributed by atoms with Crippen molar-refractivity contribution >= 4 is 29.6 Å². The van der Waals surface area contributed by atoms with Crippen LogP contribution in [0.15, 0.2) is 103 Å². The van der Waals surface area contributed by atoms with E-state index in [1.165, 1.54) is 0 Å². The van der Waals surface area contributed by atoms with Crippen molar-refractivity contribution in [2.45, 2.75) is 84.2 Å². The molecular formula is C41H45N3O6. The monoisotopic (exact) mass is 675 g/mol. The van der Waals surface area contributed by atoms with Crippen LogP contribution >= 0.6 is 0 Å². The van der Waals surface area contributed by atoms with Gasteiger partial charge in [-0.3, -0.25) is 9.59 Å². The zero-order valence-electron chi connectivity index (χ0n) is 29.3. The number of hydrogen-bond acceptors (Lipinski definition) is 6. The van der Waals surface area contributed by atoms with E-state index in [0.717, 1.165) is 33.5 Å². The first-order valence-corrected chi connectivity index (χ1v) is 16.9. The molecule has 1 heterocycles. The van der Waals surface area contributed by atoms with Crippen LogP contribution in [0.25, 0.3) is 11.1 Å². The molecule has 3 amide bonds. The Morgan fingerprint density at radius 1 is 0.800 bits per heavy atom. The van der Waals surface area contributed by atoms with Gasteiger partial charge in [-0.2, -0.15) is 0 Å². The fraction of sp³-hybridized carbons (Fsp3) is 0.317. The van der Waals surface area contributed by atoms with Crippen molar-refractivity contribution in [2.24, 2.45) is 0 Å². The second-order valence-corrected chi connectivity index (χ2v) is 14.2. The van der Waals surface area contributed by atoms with Gasteiger partial charge in [-0.25, -0.2) is 9.59 Å². The summed E-state index contributed by atoms with van der Waals surface area (Å²) in [5.74, 6) is -0.953. The number of rotatable bonds is 10. The van der Waals surface area contributed by atoms with Crippen molar-refractivity contribution in [3.05, 3.63) is 125 Å². The Kier molecular flexibility index (Phi) is 11.0. The number of nitrogens with zero attached hydrogens (tertiary/aromatic N) is 1. The largest absolute Gasteiger partial charge is 0.456 e. The third-order valence-corrected chi connectivity index (χ3v) is 8.29. The number of alkyl carbamates (subject to hydrolysis) is 1. The van der Waals surface area contributed by atoms with Crippen LogP contribution in [0.2, 0.25) is 0 Å². The quantitative estimate of drug-likeness (QED) is 0.170. The summed E-state index contributed by atoms with van der Waals surface area (Å²) in [6.07, 6.45) is 0.372. The van der Waals surface area contributed by atoms with Crippen LogP contribution in [0.3, 0.4) is 0 Å². The van der Waals surface area contributed by atoms with Crippen molar-refractivity contribution in [3.63, 3.8) is 0 Å². The number of ether oxygens (including phenoxy) is 2. The Balaban J connectivity index is 1.27. The minimum Gasteiger partial charge on any atom is -0.456 e. The first-order chi connectivity index (χ1) is 23.8. The highest BCUT2D eigenvalue weighted by Crippen LogP contribution is 2.30. The van der Waals surface area contributed by atoms with Crippen molar-refractivity contribution < 1.29 is 28.7 Å². The molecule has 0 fully saturated rings. The molecule has 0 saturated heterocycles. The summed E-state index contributed by atoms with van der Waals surface area (Å²) >= 11 is 0. The lowest BCUT2D eigenvalue weighted by atomic mass is 9.98. The van der Waals surface area contributed by atoms with Crippen LogP contribution < -0.4 is 15.5 Å². The van der Waals surface area contributed by atoms with Gasteiger partial charge < -0.3 is 25.0 Å². The van der Waals surface area contributed by atoms with E-state index in [0.29, 0.717) is 18.4 Å². The molecule has 4 aromatic rings. The average molecular weight is 676 g/mol. The molecule has 9 heteroatoms. The number of fused-ring (bicyclic) bond motifs is 1. The number of carbonyl (C=O) groups excluding carboxylic acids is 4. The van der Waals surface area contributed by atoms with Crippen LogP contribution in [-0.2, 0) is 38.6 Å². The highest BCUT2D eigenvalue weighted by Gasteiger charge is 2.33. The molecule has 0 saturated carbocycles. The average Bonchev–Trinajstić information content (AvgIpc) is 3.19. The van der Waals surface area contributed by atoms with E-state index < -0.39 is 23.3 Å². The number of benzene rings is 4. The van der Waals surface area contributed by atoms with Crippen LogP contribution in [-0.4, -0.2) is 41.1 Å². The topological polar surface area (TPSA) is 114 Å². The Morgan fingerprint density at radius 3 is 2.18 bits per heavy atom. The first-order valence-electron chi connectivity index (χ1n) is 16.9. The molecule has 0 spiro atoms. The number of hydrogen-bond donors (Lipinski definition) is 2. The maximum absolute atomic E-state index is 14.1. The minimum absolute atomic E-state index is 0.0452. The van der Waals surface area contributed by atoms with Gasteiger partial charge in [0.15, 0.2) is 0 Å². The van der Waals surface area contributed by atoms with Crippen LogP contribution in [0.1, 0.15) is 74.5 Å². The lowest BCUT2D eigenvalue weighted by Crippen LogP contribution is -2.51. The predicted octanol–water partition coefficient (Wildman–Crippen LogP) is 7.37. The summed E-state index contributed by atoms with van der Waals surface area (Å²) in [6.45, 7) is 9.40. The van der Waals surface area contributed by atoms with E-state index in [-0.39, 0.29) is 37.4 Å². The van der Waals surface area contributed by atoms with E-state index in [9.17, 15) is 19.2 Å². The summed E-state index contributed by atoms with van der Waals surface area (Å²) in [4.78, 5) is 54.6. The number of amides is 3. The molecule has 5 rings (SSSR count). The molecule has 0 unspecified atom stereocenters. The second-order valence-electron chi connectivity index (χ2n) is 14.2. The summed E-state index contributed by atoms with van der Waals surface area (Å²) in [7, 11) is 0. The molecule has 2 N–H and O–H groups in total. The Morgan fingerprint density at radius 2 is 1.46 bits per heavy atom. The molecule has 4 aromatic carbocycles. The van der Waals surface area contributed by atoms with Crippen LogP contribution in [0, 0.1) is 0 Å². The third-order valence-electron chi connectivity index (χ3n) is 8.29. The molecule has 50 heavy (non-hydrogen) atoms. The maximum atomic E-state index is 14.1. The molecule has 0 bridgehead atoms. The Bertz CT molecular complexity index is 1830. The lowest BCUT2D eigenvalue weighted by Gasteiger charge is -2.28. The summed E-state index contributed by atoms with van der Waals surface area (Å²) in [6, 6.07) is 31.5. The van der Waals surface area contributed by atoms with Crippen LogP contribution in [0.5, 0.6) is 0 Å². The van der Waals surface area contributed by atoms with Gasteiger partial charge in [0.25, 0.3) is 0 Å². The second kappa shape index (κ2) is 15.4. The number of aryl methyl sites for hydroxylation is 1. The van der Waals surface area contributed by atoms with E-state index in [2.05, 4.69) is 10.6 Å². The van der Waals surface area contributed by atoms with Crippen LogP contribution in [0.4, 0.5) is 10.5 Å². The minimum atomic E-state index is -0.919. The SMILES string of the molecule is CC(C)(CC(=O)N[C@@H]1CCc2ccccc2N(Cc2ccc(-c3ccccc3C(=O)OC(C)(C)C)cc2)C1=O)NC(=O)OCc1ccccc1. The van der Waals surface area contributed by atoms with E-state index in [1.807, 2.05) is 118 Å². The molecule has 1 atom stereocenters. The van der Waals surface area contributed by atoms with Gasteiger partial charge in [0.1, 0.15) is 18.2 Å². The van der Waals surface area contributed by atoms with Crippen molar-refractivity contribution in [3.8, 4) is 11.1 Å². The van der Waals surface area contributed by atoms with Gasteiger partial charge in [-0.15, -0.1) is 0 Å². The number of carbonyl (C=O) groups is 4. The molecule has 0 aromatic heterocycles. The first kappa shape index (κ1) is 35.9. The van der Waals surface area contributed by atoms with Gasteiger partial charge in [0.2, 0.25) is 11.8 Å². The van der Waals surface area contributed by atoms with E-state index in [1.54, 1.807) is 24.8 Å². The summed E-state index contributed by atoms with van der Waals surface area (Å²) < 4.78 is 11.0. The fourth-order valence-electron chi connectivity index (χ4n) is 5.96.